The van der Waals surface area contributed by atoms with Crippen molar-refractivity contribution in [1.29, 1.82) is 0 Å². The van der Waals surface area contributed by atoms with Crippen LogP contribution in [-0.4, -0.2) is 6.61 Å². The van der Waals surface area contributed by atoms with E-state index in [1.165, 1.54) is 5.56 Å². The van der Waals surface area contributed by atoms with Crippen LogP contribution in [0.2, 0.25) is 10.0 Å². The lowest BCUT2D eigenvalue weighted by atomic mass is 9.87. The van der Waals surface area contributed by atoms with Gasteiger partial charge in [-0.2, -0.15) is 0 Å². The van der Waals surface area contributed by atoms with Crippen molar-refractivity contribution in [2.45, 2.75) is 39.5 Å². The zero-order chi connectivity index (χ0) is 16.1. The molecule has 0 radical (unpaired) electrons. The second kappa shape index (κ2) is 7.89. The Morgan fingerprint density at radius 3 is 2.27 bits per heavy atom. The van der Waals surface area contributed by atoms with Gasteiger partial charge in [0.2, 0.25) is 0 Å². The predicted molar refractivity (Wildman–Crippen MR) is 96.4 cm³/mol. The summed E-state index contributed by atoms with van der Waals surface area (Å²) in [6.45, 7) is 7.00. The van der Waals surface area contributed by atoms with Crippen molar-refractivity contribution in [3.05, 3.63) is 52.0 Å². The first kappa shape index (κ1) is 17.2. The summed E-state index contributed by atoms with van der Waals surface area (Å²) in [7, 11) is 0. The van der Waals surface area contributed by atoms with Gasteiger partial charge in [-0.3, -0.25) is 0 Å². The minimum atomic E-state index is 0.526. The molecule has 0 saturated heterocycles. The van der Waals surface area contributed by atoms with Gasteiger partial charge in [-0.1, -0.05) is 49.2 Å². The highest BCUT2D eigenvalue weighted by Crippen LogP contribution is 2.37. The molecule has 118 valence electrons. The molecule has 0 aliphatic rings. The van der Waals surface area contributed by atoms with Crippen molar-refractivity contribution in [1.82, 2.24) is 0 Å². The van der Waals surface area contributed by atoms with Crippen molar-refractivity contribution in [2.75, 3.05) is 6.61 Å². The van der Waals surface area contributed by atoms with Crippen LogP contribution in [0.1, 0.15) is 45.1 Å². The van der Waals surface area contributed by atoms with Gasteiger partial charge >= 0.3 is 0 Å². The summed E-state index contributed by atoms with van der Waals surface area (Å²) in [4.78, 5) is 0. The standard InChI is InChI=1S/C19H22Cl2O/c1-4-13(5-2)16-9-8-15(20)12-17(16)14-7-10-19(22-6-3)18(21)11-14/h7-13H,4-6H2,1-3H3. The van der Waals surface area contributed by atoms with Gasteiger partial charge in [0.25, 0.3) is 0 Å². The Kier molecular flexibility index (Phi) is 6.16. The molecule has 0 fully saturated rings. The van der Waals surface area contributed by atoms with Crippen LogP contribution in [0, 0.1) is 0 Å². The van der Waals surface area contributed by atoms with Gasteiger partial charge in [-0.25, -0.2) is 0 Å². The third-order valence-electron chi connectivity index (χ3n) is 3.98. The summed E-state index contributed by atoms with van der Waals surface area (Å²) in [5, 5.41) is 1.38. The summed E-state index contributed by atoms with van der Waals surface area (Å²) >= 11 is 12.6. The zero-order valence-electron chi connectivity index (χ0n) is 13.3. The number of hydrogen-bond donors (Lipinski definition) is 0. The maximum Gasteiger partial charge on any atom is 0.137 e. The Morgan fingerprint density at radius 2 is 1.68 bits per heavy atom. The van der Waals surface area contributed by atoms with Gasteiger partial charge in [0, 0.05) is 5.02 Å². The number of ether oxygens (including phenoxy) is 1. The highest BCUT2D eigenvalue weighted by molar-refractivity contribution is 6.32. The van der Waals surface area contributed by atoms with Crippen LogP contribution in [0.5, 0.6) is 5.75 Å². The second-order valence-corrected chi connectivity index (χ2v) is 6.17. The molecule has 0 spiro atoms. The average Bonchev–Trinajstić information content (AvgIpc) is 2.52. The van der Waals surface area contributed by atoms with Crippen molar-refractivity contribution in [2.24, 2.45) is 0 Å². The average molecular weight is 337 g/mol. The van der Waals surface area contributed by atoms with E-state index in [1.54, 1.807) is 0 Å². The first-order chi connectivity index (χ1) is 10.6. The molecule has 2 aromatic carbocycles. The smallest absolute Gasteiger partial charge is 0.137 e. The van der Waals surface area contributed by atoms with E-state index >= 15 is 0 Å². The molecule has 22 heavy (non-hydrogen) atoms. The van der Waals surface area contributed by atoms with Crippen LogP contribution in [0.15, 0.2) is 36.4 Å². The van der Waals surface area contributed by atoms with Crippen molar-refractivity contribution in [3.8, 4) is 16.9 Å². The van der Waals surface area contributed by atoms with E-state index < -0.39 is 0 Å². The van der Waals surface area contributed by atoms with E-state index in [1.807, 2.05) is 31.2 Å². The molecule has 0 atom stereocenters. The number of benzene rings is 2. The highest BCUT2D eigenvalue weighted by Gasteiger charge is 2.15. The molecule has 2 aromatic rings. The topological polar surface area (TPSA) is 9.23 Å². The van der Waals surface area contributed by atoms with Crippen LogP contribution in [0.4, 0.5) is 0 Å². The van der Waals surface area contributed by atoms with Gasteiger partial charge in [0.15, 0.2) is 0 Å². The maximum atomic E-state index is 6.34. The fourth-order valence-corrected chi connectivity index (χ4v) is 3.21. The van der Waals surface area contributed by atoms with Crippen LogP contribution >= 0.6 is 23.2 Å². The lowest BCUT2D eigenvalue weighted by Crippen LogP contribution is -1.99. The fraction of sp³-hybridized carbons (Fsp3) is 0.368. The Bertz CT molecular complexity index is 633. The summed E-state index contributed by atoms with van der Waals surface area (Å²) in [6, 6.07) is 12.1. The lowest BCUT2D eigenvalue weighted by Gasteiger charge is -2.19. The molecule has 0 aromatic heterocycles. The molecule has 0 bridgehead atoms. The second-order valence-electron chi connectivity index (χ2n) is 5.32. The van der Waals surface area contributed by atoms with E-state index in [0.29, 0.717) is 17.5 Å². The monoisotopic (exact) mass is 336 g/mol. The quantitative estimate of drug-likeness (QED) is 0.553. The molecule has 2 rings (SSSR count). The largest absolute Gasteiger partial charge is 0.492 e. The molecule has 0 aliphatic carbocycles. The van der Waals surface area contributed by atoms with Crippen molar-refractivity contribution >= 4 is 23.2 Å². The number of rotatable bonds is 6. The van der Waals surface area contributed by atoms with E-state index in [4.69, 9.17) is 27.9 Å². The van der Waals surface area contributed by atoms with Crippen LogP contribution in [-0.2, 0) is 0 Å². The van der Waals surface area contributed by atoms with E-state index in [2.05, 4.69) is 26.0 Å². The lowest BCUT2D eigenvalue weighted by molar-refractivity contribution is 0.340. The summed E-state index contributed by atoms with van der Waals surface area (Å²) in [5.74, 6) is 1.25. The molecule has 0 heterocycles. The third kappa shape index (κ3) is 3.77. The van der Waals surface area contributed by atoms with Gasteiger partial charge < -0.3 is 4.74 Å². The Hall–Kier alpha value is -1.18. The molecule has 0 saturated carbocycles. The normalized spacial score (nSPS) is 11.0. The first-order valence-corrected chi connectivity index (χ1v) is 8.58. The Balaban J connectivity index is 2.51. The summed E-state index contributed by atoms with van der Waals surface area (Å²) < 4.78 is 5.51. The van der Waals surface area contributed by atoms with Crippen LogP contribution < -0.4 is 4.74 Å². The van der Waals surface area contributed by atoms with E-state index in [-0.39, 0.29) is 0 Å². The molecule has 0 aliphatic heterocycles. The molecular weight excluding hydrogens is 315 g/mol. The van der Waals surface area contributed by atoms with Gasteiger partial charge in [-0.05, 0) is 66.6 Å². The van der Waals surface area contributed by atoms with E-state index in [0.717, 1.165) is 34.7 Å². The maximum absolute atomic E-state index is 6.34. The predicted octanol–water partition coefficient (Wildman–Crippen LogP) is 6.96. The zero-order valence-corrected chi connectivity index (χ0v) is 14.8. The van der Waals surface area contributed by atoms with Gasteiger partial charge in [0.05, 0.1) is 11.6 Å². The molecular formula is C19H22Cl2O. The Labute approximate surface area is 143 Å². The molecule has 3 heteroatoms. The molecule has 0 unspecified atom stereocenters. The number of hydrogen-bond acceptors (Lipinski definition) is 1. The van der Waals surface area contributed by atoms with Crippen LogP contribution in [0.25, 0.3) is 11.1 Å². The highest BCUT2D eigenvalue weighted by atomic mass is 35.5. The fourth-order valence-electron chi connectivity index (χ4n) is 2.80. The SMILES string of the molecule is CCOc1ccc(-c2cc(Cl)ccc2C(CC)CC)cc1Cl. The number of halogens is 2. The third-order valence-corrected chi connectivity index (χ3v) is 4.51. The van der Waals surface area contributed by atoms with Gasteiger partial charge in [-0.15, -0.1) is 0 Å². The van der Waals surface area contributed by atoms with Crippen molar-refractivity contribution in [3.63, 3.8) is 0 Å². The first-order valence-electron chi connectivity index (χ1n) is 7.82. The summed E-state index contributed by atoms with van der Waals surface area (Å²) in [6.07, 6.45) is 2.21. The summed E-state index contributed by atoms with van der Waals surface area (Å²) in [5.41, 5.74) is 3.57. The molecule has 0 amide bonds. The van der Waals surface area contributed by atoms with Gasteiger partial charge in [0.1, 0.15) is 5.75 Å². The molecule has 0 N–H and O–H groups in total. The minimum absolute atomic E-state index is 0.526. The minimum Gasteiger partial charge on any atom is -0.492 e. The van der Waals surface area contributed by atoms with E-state index in [9.17, 15) is 0 Å². The van der Waals surface area contributed by atoms with Crippen LogP contribution in [0.3, 0.4) is 0 Å². The van der Waals surface area contributed by atoms with Crippen molar-refractivity contribution < 1.29 is 4.74 Å². The Morgan fingerprint density at radius 1 is 0.955 bits per heavy atom. The molecule has 1 nitrogen and oxygen atoms in total.